The lowest BCUT2D eigenvalue weighted by atomic mass is 9.88. The standard InChI is InChI=1S/C22H20FNO/c1-16-14-19(23)12-13-21(16)24-22(25)15-20(17-8-4-2-5-9-17)18-10-6-3-7-11-18/h2-14,20H,15H2,1H3,(H,24,25). The van der Waals surface area contributed by atoms with Crippen molar-refractivity contribution in [2.24, 2.45) is 0 Å². The van der Waals surface area contributed by atoms with Crippen molar-refractivity contribution in [3.05, 3.63) is 101 Å². The molecule has 0 bridgehead atoms. The lowest BCUT2D eigenvalue weighted by Gasteiger charge is -2.18. The van der Waals surface area contributed by atoms with Crippen molar-refractivity contribution < 1.29 is 9.18 Å². The highest BCUT2D eigenvalue weighted by Crippen LogP contribution is 2.28. The molecular weight excluding hydrogens is 313 g/mol. The molecular formula is C22H20FNO. The second-order valence-electron chi connectivity index (χ2n) is 6.09. The minimum atomic E-state index is -0.304. The van der Waals surface area contributed by atoms with E-state index in [1.807, 2.05) is 60.7 Å². The van der Waals surface area contributed by atoms with Crippen molar-refractivity contribution in [3.63, 3.8) is 0 Å². The van der Waals surface area contributed by atoms with E-state index in [9.17, 15) is 9.18 Å². The molecule has 0 unspecified atom stereocenters. The third-order valence-corrected chi connectivity index (χ3v) is 4.26. The van der Waals surface area contributed by atoms with Crippen LogP contribution >= 0.6 is 0 Å². The van der Waals surface area contributed by atoms with Crippen molar-refractivity contribution in [3.8, 4) is 0 Å². The van der Waals surface area contributed by atoms with E-state index < -0.39 is 0 Å². The average Bonchev–Trinajstić information content (AvgIpc) is 2.63. The molecule has 3 rings (SSSR count). The Morgan fingerprint density at radius 2 is 1.48 bits per heavy atom. The number of benzene rings is 3. The predicted octanol–water partition coefficient (Wildman–Crippen LogP) is 5.29. The molecule has 0 aliphatic rings. The molecule has 1 N–H and O–H groups in total. The van der Waals surface area contributed by atoms with Gasteiger partial charge < -0.3 is 5.32 Å². The van der Waals surface area contributed by atoms with Gasteiger partial charge in [-0.1, -0.05) is 60.7 Å². The number of carbonyl (C=O) groups excluding carboxylic acids is 1. The summed E-state index contributed by atoms with van der Waals surface area (Å²) in [6, 6.07) is 24.4. The summed E-state index contributed by atoms with van der Waals surface area (Å²) in [5, 5.41) is 2.90. The van der Waals surface area contributed by atoms with Gasteiger partial charge in [-0.05, 0) is 41.8 Å². The van der Waals surface area contributed by atoms with Crippen LogP contribution in [0.3, 0.4) is 0 Å². The van der Waals surface area contributed by atoms with Gasteiger partial charge in [0.2, 0.25) is 5.91 Å². The highest BCUT2D eigenvalue weighted by molar-refractivity contribution is 5.92. The summed E-state index contributed by atoms with van der Waals surface area (Å²) in [4.78, 5) is 12.6. The Hall–Kier alpha value is -2.94. The van der Waals surface area contributed by atoms with Crippen molar-refractivity contribution in [1.29, 1.82) is 0 Å². The van der Waals surface area contributed by atoms with E-state index in [-0.39, 0.29) is 17.6 Å². The zero-order valence-corrected chi connectivity index (χ0v) is 14.1. The van der Waals surface area contributed by atoms with E-state index in [1.54, 1.807) is 13.0 Å². The first kappa shape index (κ1) is 16.9. The van der Waals surface area contributed by atoms with Crippen LogP contribution in [0.2, 0.25) is 0 Å². The summed E-state index contributed by atoms with van der Waals surface area (Å²) >= 11 is 0. The summed E-state index contributed by atoms with van der Waals surface area (Å²) in [7, 11) is 0. The lowest BCUT2D eigenvalue weighted by molar-refractivity contribution is -0.116. The second-order valence-corrected chi connectivity index (χ2v) is 6.09. The van der Waals surface area contributed by atoms with Gasteiger partial charge in [-0.3, -0.25) is 4.79 Å². The predicted molar refractivity (Wildman–Crippen MR) is 99.1 cm³/mol. The normalized spacial score (nSPS) is 10.7. The van der Waals surface area contributed by atoms with Gasteiger partial charge in [-0.2, -0.15) is 0 Å². The molecule has 0 radical (unpaired) electrons. The summed E-state index contributed by atoms with van der Waals surface area (Å²) in [5.41, 5.74) is 3.55. The fourth-order valence-electron chi connectivity index (χ4n) is 2.95. The number of rotatable bonds is 5. The molecule has 0 saturated carbocycles. The van der Waals surface area contributed by atoms with E-state index in [1.165, 1.54) is 12.1 Å². The summed E-state index contributed by atoms with van der Waals surface area (Å²) < 4.78 is 13.2. The van der Waals surface area contributed by atoms with Crippen LogP contribution < -0.4 is 5.32 Å². The van der Waals surface area contributed by atoms with Crippen LogP contribution in [0.15, 0.2) is 78.9 Å². The van der Waals surface area contributed by atoms with E-state index in [0.717, 1.165) is 11.1 Å². The molecule has 0 fully saturated rings. The van der Waals surface area contributed by atoms with Gasteiger partial charge in [0.25, 0.3) is 0 Å². The summed E-state index contributed by atoms with van der Waals surface area (Å²) in [5.74, 6) is -0.419. The molecule has 126 valence electrons. The number of amides is 1. The third kappa shape index (κ3) is 4.32. The van der Waals surface area contributed by atoms with Crippen LogP contribution in [0.25, 0.3) is 0 Å². The Bertz CT molecular complexity index is 807. The molecule has 0 spiro atoms. The van der Waals surface area contributed by atoms with E-state index in [4.69, 9.17) is 0 Å². The largest absolute Gasteiger partial charge is 0.326 e. The monoisotopic (exact) mass is 333 g/mol. The average molecular weight is 333 g/mol. The molecule has 0 aliphatic heterocycles. The Morgan fingerprint density at radius 1 is 0.920 bits per heavy atom. The highest BCUT2D eigenvalue weighted by atomic mass is 19.1. The molecule has 2 nitrogen and oxygen atoms in total. The molecule has 0 atom stereocenters. The SMILES string of the molecule is Cc1cc(F)ccc1NC(=O)CC(c1ccccc1)c1ccccc1. The Morgan fingerprint density at radius 3 is 2.00 bits per heavy atom. The zero-order chi connectivity index (χ0) is 17.6. The van der Waals surface area contributed by atoms with Crippen LogP contribution in [0.5, 0.6) is 0 Å². The smallest absolute Gasteiger partial charge is 0.225 e. The van der Waals surface area contributed by atoms with Crippen LogP contribution in [0.4, 0.5) is 10.1 Å². The van der Waals surface area contributed by atoms with Crippen molar-refractivity contribution in [1.82, 2.24) is 0 Å². The van der Waals surface area contributed by atoms with Gasteiger partial charge in [-0.15, -0.1) is 0 Å². The molecule has 1 amide bonds. The first-order valence-electron chi connectivity index (χ1n) is 8.29. The number of nitrogens with one attached hydrogen (secondary N) is 1. The van der Waals surface area contributed by atoms with E-state index in [2.05, 4.69) is 5.32 Å². The minimum Gasteiger partial charge on any atom is -0.326 e. The molecule has 0 aromatic heterocycles. The molecule has 0 saturated heterocycles. The van der Waals surface area contributed by atoms with Crippen molar-refractivity contribution in [2.75, 3.05) is 5.32 Å². The fraction of sp³-hybridized carbons (Fsp3) is 0.136. The van der Waals surface area contributed by atoms with Crippen LogP contribution in [0, 0.1) is 12.7 Å². The fourth-order valence-corrected chi connectivity index (χ4v) is 2.95. The van der Waals surface area contributed by atoms with E-state index >= 15 is 0 Å². The lowest BCUT2D eigenvalue weighted by Crippen LogP contribution is -2.17. The first-order valence-corrected chi connectivity index (χ1v) is 8.29. The maximum absolute atomic E-state index is 13.2. The number of hydrogen-bond donors (Lipinski definition) is 1. The first-order chi connectivity index (χ1) is 12.1. The third-order valence-electron chi connectivity index (χ3n) is 4.26. The van der Waals surface area contributed by atoms with Gasteiger partial charge in [0, 0.05) is 18.0 Å². The molecule has 3 heteroatoms. The van der Waals surface area contributed by atoms with Gasteiger partial charge >= 0.3 is 0 Å². The van der Waals surface area contributed by atoms with Gasteiger partial charge in [0.05, 0.1) is 0 Å². The number of anilines is 1. The second kappa shape index (κ2) is 7.75. The van der Waals surface area contributed by atoms with Gasteiger partial charge in [-0.25, -0.2) is 4.39 Å². The summed E-state index contributed by atoms with van der Waals surface area (Å²) in [6.07, 6.45) is 0.324. The molecule has 0 heterocycles. The molecule has 3 aromatic carbocycles. The maximum Gasteiger partial charge on any atom is 0.225 e. The highest BCUT2D eigenvalue weighted by Gasteiger charge is 2.18. The number of aryl methyl sites for hydroxylation is 1. The quantitative estimate of drug-likeness (QED) is 0.675. The molecule has 25 heavy (non-hydrogen) atoms. The Balaban J connectivity index is 1.82. The van der Waals surface area contributed by atoms with Gasteiger partial charge in [0.15, 0.2) is 0 Å². The number of hydrogen-bond acceptors (Lipinski definition) is 1. The van der Waals surface area contributed by atoms with Crippen LogP contribution in [-0.4, -0.2) is 5.91 Å². The number of halogens is 1. The van der Waals surface area contributed by atoms with Crippen LogP contribution in [-0.2, 0) is 4.79 Å². The van der Waals surface area contributed by atoms with Crippen LogP contribution in [0.1, 0.15) is 29.0 Å². The van der Waals surface area contributed by atoms with Gasteiger partial charge in [0.1, 0.15) is 5.82 Å². The topological polar surface area (TPSA) is 29.1 Å². The molecule has 0 aliphatic carbocycles. The van der Waals surface area contributed by atoms with Crippen molar-refractivity contribution >= 4 is 11.6 Å². The Labute approximate surface area is 147 Å². The minimum absolute atomic E-state index is 0.0249. The van der Waals surface area contributed by atoms with E-state index in [0.29, 0.717) is 17.7 Å². The summed E-state index contributed by atoms with van der Waals surface area (Å²) in [6.45, 7) is 1.78. The number of carbonyl (C=O) groups is 1. The molecule has 3 aromatic rings. The zero-order valence-electron chi connectivity index (χ0n) is 14.1. The maximum atomic E-state index is 13.2. The van der Waals surface area contributed by atoms with Crippen molar-refractivity contribution in [2.45, 2.75) is 19.3 Å². The Kier molecular flexibility index (Phi) is 5.24.